The Morgan fingerprint density at radius 3 is 2.70 bits per heavy atom. The summed E-state index contributed by atoms with van der Waals surface area (Å²) in [5.41, 5.74) is 1.94. The van der Waals surface area contributed by atoms with Gasteiger partial charge in [0.2, 0.25) is 0 Å². The standard InChI is InChI=1S/C33H30N2O2/c1-2-21-20-35-17-15-23(21)18-31(35)33(28-14-16-34-30-13-11-24(36)19-29(28)30)37-32-9-5-8-26-25-7-4-3-6-22(25)10-12-27(26)32/h2-14,16,19,21,23,31,33,36H,1,15,17-18,20H2/t21-,23-,31-,33+/m0/s1. The molecule has 0 radical (unpaired) electrons. The molecule has 4 heteroatoms. The number of ether oxygens (including phenoxy) is 1. The molecule has 2 bridgehead atoms. The van der Waals surface area contributed by atoms with E-state index in [1.165, 1.54) is 22.6 Å². The number of pyridine rings is 1. The van der Waals surface area contributed by atoms with Gasteiger partial charge in [-0.3, -0.25) is 9.88 Å². The Morgan fingerprint density at radius 2 is 1.84 bits per heavy atom. The second-order valence-corrected chi connectivity index (χ2v) is 10.5. The van der Waals surface area contributed by atoms with E-state index in [1.807, 2.05) is 18.3 Å². The molecule has 3 saturated heterocycles. The van der Waals surface area contributed by atoms with Crippen molar-refractivity contribution >= 4 is 32.4 Å². The molecule has 0 spiro atoms. The maximum absolute atomic E-state index is 10.4. The third-order valence-corrected chi connectivity index (χ3v) is 8.57. The smallest absolute Gasteiger partial charge is 0.140 e. The summed E-state index contributed by atoms with van der Waals surface area (Å²) < 4.78 is 7.09. The van der Waals surface area contributed by atoms with Crippen LogP contribution in [0.25, 0.3) is 32.4 Å². The van der Waals surface area contributed by atoms with Crippen molar-refractivity contribution in [3.8, 4) is 11.5 Å². The summed E-state index contributed by atoms with van der Waals surface area (Å²) in [6, 6.07) is 27.0. The van der Waals surface area contributed by atoms with E-state index in [0.717, 1.165) is 47.1 Å². The van der Waals surface area contributed by atoms with Crippen LogP contribution in [0.2, 0.25) is 0 Å². The fourth-order valence-corrected chi connectivity index (χ4v) is 6.70. The highest BCUT2D eigenvalue weighted by atomic mass is 16.5. The monoisotopic (exact) mass is 486 g/mol. The Labute approximate surface area is 216 Å². The first-order valence-electron chi connectivity index (χ1n) is 13.2. The Balaban J connectivity index is 1.38. The first-order valence-corrected chi connectivity index (χ1v) is 13.2. The highest BCUT2D eigenvalue weighted by Crippen LogP contribution is 2.45. The minimum atomic E-state index is -0.196. The highest BCUT2D eigenvalue weighted by molar-refractivity contribution is 6.09. The molecule has 0 saturated carbocycles. The van der Waals surface area contributed by atoms with E-state index in [0.29, 0.717) is 11.8 Å². The first kappa shape index (κ1) is 22.3. The topological polar surface area (TPSA) is 45.6 Å². The minimum absolute atomic E-state index is 0.196. The second-order valence-electron chi connectivity index (χ2n) is 10.5. The van der Waals surface area contributed by atoms with E-state index >= 15 is 0 Å². The van der Waals surface area contributed by atoms with Crippen molar-refractivity contribution in [1.29, 1.82) is 0 Å². The number of phenols is 1. The van der Waals surface area contributed by atoms with Gasteiger partial charge in [0.05, 0.1) is 11.6 Å². The van der Waals surface area contributed by atoms with Crippen LogP contribution in [-0.2, 0) is 0 Å². The van der Waals surface area contributed by atoms with Crippen LogP contribution in [-0.4, -0.2) is 34.1 Å². The van der Waals surface area contributed by atoms with Gasteiger partial charge in [-0.05, 0) is 77.7 Å². The van der Waals surface area contributed by atoms with Crippen LogP contribution < -0.4 is 4.74 Å². The van der Waals surface area contributed by atoms with Crippen LogP contribution in [0.1, 0.15) is 24.5 Å². The molecule has 1 aromatic heterocycles. The summed E-state index contributed by atoms with van der Waals surface area (Å²) in [5, 5.41) is 16.1. The van der Waals surface area contributed by atoms with E-state index in [-0.39, 0.29) is 17.9 Å². The molecule has 0 amide bonds. The molecular weight excluding hydrogens is 456 g/mol. The Kier molecular flexibility index (Phi) is 5.37. The number of phenolic OH excluding ortho intramolecular Hbond substituents is 1. The molecule has 3 aliphatic heterocycles. The molecule has 3 fully saturated rings. The van der Waals surface area contributed by atoms with E-state index in [1.54, 1.807) is 6.07 Å². The van der Waals surface area contributed by atoms with Gasteiger partial charge in [-0.25, -0.2) is 0 Å². The number of aromatic hydroxyl groups is 1. The zero-order chi connectivity index (χ0) is 24.9. The molecule has 1 N–H and O–H groups in total. The Morgan fingerprint density at radius 1 is 0.946 bits per heavy atom. The van der Waals surface area contributed by atoms with E-state index in [9.17, 15) is 5.11 Å². The number of rotatable bonds is 5. The highest BCUT2D eigenvalue weighted by Gasteiger charge is 2.44. The van der Waals surface area contributed by atoms with Gasteiger partial charge in [-0.2, -0.15) is 0 Å². The molecule has 4 aromatic carbocycles. The molecule has 3 aliphatic rings. The quantitative estimate of drug-likeness (QED) is 0.210. The van der Waals surface area contributed by atoms with Crippen molar-refractivity contribution in [3.05, 3.63) is 103 Å². The minimum Gasteiger partial charge on any atom is -0.508 e. The summed E-state index contributed by atoms with van der Waals surface area (Å²) in [5.74, 6) is 2.29. The molecule has 1 unspecified atom stereocenters. The molecule has 5 aromatic rings. The SMILES string of the molecule is C=C[C@H]1CN2CC[C@H]1C[C@H]2[C@H](Oc1cccc2c1ccc1ccccc12)c1ccnc2ccc(O)cc12. The van der Waals surface area contributed by atoms with E-state index < -0.39 is 0 Å². The van der Waals surface area contributed by atoms with Crippen LogP contribution in [0, 0.1) is 11.8 Å². The summed E-state index contributed by atoms with van der Waals surface area (Å²) in [6.07, 6.45) is 6.08. The summed E-state index contributed by atoms with van der Waals surface area (Å²) in [6.45, 7) is 6.21. The van der Waals surface area contributed by atoms with Gasteiger partial charge in [-0.1, -0.05) is 54.6 Å². The molecule has 8 rings (SSSR count). The number of hydrogen-bond acceptors (Lipinski definition) is 4. The van der Waals surface area contributed by atoms with E-state index in [4.69, 9.17) is 4.74 Å². The first-order chi connectivity index (χ1) is 18.2. The lowest BCUT2D eigenvalue weighted by molar-refractivity contribution is -0.0353. The Hall–Kier alpha value is -3.89. The maximum Gasteiger partial charge on any atom is 0.140 e. The van der Waals surface area contributed by atoms with Gasteiger partial charge < -0.3 is 9.84 Å². The molecule has 4 nitrogen and oxygen atoms in total. The second kappa shape index (κ2) is 8.89. The average molecular weight is 487 g/mol. The zero-order valence-corrected chi connectivity index (χ0v) is 20.8. The number of piperidine rings is 3. The maximum atomic E-state index is 10.4. The largest absolute Gasteiger partial charge is 0.508 e. The lowest BCUT2D eigenvalue weighted by Crippen LogP contribution is -2.55. The lowest BCUT2D eigenvalue weighted by Gasteiger charge is -2.51. The number of aromatic nitrogens is 1. The predicted octanol–water partition coefficient (Wildman–Crippen LogP) is 7.26. The van der Waals surface area contributed by atoms with Crippen molar-refractivity contribution in [2.24, 2.45) is 11.8 Å². The van der Waals surface area contributed by atoms with Gasteiger partial charge in [0.25, 0.3) is 0 Å². The summed E-state index contributed by atoms with van der Waals surface area (Å²) >= 11 is 0. The van der Waals surface area contributed by atoms with Gasteiger partial charge in [0.15, 0.2) is 0 Å². The van der Waals surface area contributed by atoms with Crippen molar-refractivity contribution in [3.63, 3.8) is 0 Å². The zero-order valence-electron chi connectivity index (χ0n) is 20.8. The molecule has 0 aliphatic carbocycles. The van der Waals surface area contributed by atoms with E-state index in [2.05, 4.69) is 83.2 Å². The molecular formula is C33H30N2O2. The van der Waals surface area contributed by atoms with Gasteiger partial charge in [-0.15, -0.1) is 6.58 Å². The van der Waals surface area contributed by atoms with Gasteiger partial charge >= 0.3 is 0 Å². The Bertz CT molecular complexity index is 1640. The van der Waals surface area contributed by atoms with Crippen molar-refractivity contribution in [2.75, 3.05) is 13.1 Å². The molecule has 4 heterocycles. The molecule has 37 heavy (non-hydrogen) atoms. The fourth-order valence-electron chi connectivity index (χ4n) is 6.70. The van der Waals surface area contributed by atoms with Crippen LogP contribution >= 0.6 is 0 Å². The predicted molar refractivity (Wildman–Crippen MR) is 150 cm³/mol. The lowest BCUT2D eigenvalue weighted by atomic mass is 9.73. The van der Waals surface area contributed by atoms with Crippen molar-refractivity contribution in [1.82, 2.24) is 9.88 Å². The van der Waals surface area contributed by atoms with Crippen molar-refractivity contribution < 1.29 is 9.84 Å². The number of benzene rings is 4. The van der Waals surface area contributed by atoms with Crippen LogP contribution in [0.4, 0.5) is 0 Å². The average Bonchev–Trinajstić information content (AvgIpc) is 2.95. The molecule has 184 valence electrons. The summed E-state index contributed by atoms with van der Waals surface area (Å²) in [4.78, 5) is 7.17. The van der Waals surface area contributed by atoms with Crippen molar-refractivity contribution in [2.45, 2.75) is 25.0 Å². The van der Waals surface area contributed by atoms with Crippen LogP contribution in [0.3, 0.4) is 0 Å². The third-order valence-electron chi connectivity index (χ3n) is 8.57. The van der Waals surface area contributed by atoms with Gasteiger partial charge in [0, 0.05) is 29.1 Å². The third kappa shape index (κ3) is 3.75. The molecule has 5 atom stereocenters. The fraction of sp³-hybridized carbons (Fsp3) is 0.242. The normalized spacial score (nSPS) is 23.9. The summed E-state index contributed by atoms with van der Waals surface area (Å²) in [7, 11) is 0. The number of hydrogen-bond donors (Lipinski definition) is 1. The van der Waals surface area contributed by atoms with Crippen LogP contribution in [0.5, 0.6) is 11.5 Å². The van der Waals surface area contributed by atoms with Crippen LogP contribution in [0.15, 0.2) is 97.7 Å². The number of fused-ring (bicyclic) bond motifs is 7. The van der Waals surface area contributed by atoms with Gasteiger partial charge in [0.1, 0.15) is 17.6 Å². The number of nitrogens with zero attached hydrogens (tertiary/aromatic N) is 2.